The minimum atomic E-state index is -1.16. The second-order valence-electron chi connectivity index (χ2n) is 6.04. The zero-order chi connectivity index (χ0) is 21.0. The molecule has 0 spiro atoms. The molecule has 8 heteroatoms. The van der Waals surface area contributed by atoms with Gasteiger partial charge in [-0.2, -0.15) is 0 Å². The van der Waals surface area contributed by atoms with E-state index < -0.39 is 11.9 Å². The van der Waals surface area contributed by atoms with Crippen molar-refractivity contribution in [3.8, 4) is 17.2 Å². The van der Waals surface area contributed by atoms with Crippen LogP contribution >= 0.6 is 0 Å². The molecule has 0 unspecified atom stereocenters. The lowest BCUT2D eigenvalue weighted by atomic mass is 10.1. The van der Waals surface area contributed by atoms with Crippen LogP contribution in [0.25, 0.3) is 6.08 Å². The molecule has 1 heterocycles. The Labute approximate surface area is 167 Å². The van der Waals surface area contributed by atoms with Crippen molar-refractivity contribution in [2.75, 3.05) is 21.3 Å². The Hall–Kier alpha value is -3.81. The first-order chi connectivity index (χ1) is 13.9. The van der Waals surface area contributed by atoms with E-state index in [2.05, 4.69) is 4.99 Å². The van der Waals surface area contributed by atoms with E-state index in [1.807, 2.05) is 0 Å². The first-order valence-corrected chi connectivity index (χ1v) is 8.57. The highest BCUT2D eigenvalue weighted by Crippen LogP contribution is 2.39. The lowest BCUT2D eigenvalue weighted by Crippen LogP contribution is -2.24. The van der Waals surface area contributed by atoms with E-state index in [0.717, 1.165) is 0 Å². The summed E-state index contributed by atoms with van der Waals surface area (Å²) in [5.41, 5.74) is 1.87. The van der Waals surface area contributed by atoms with E-state index in [9.17, 15) is 14.7 Å². The van der Waals surface area contributed by atoms with Crippen LogP contribution in [0.15, 0.2) is 47.1 Å². The second-order valence-corrected chi connectivity index (χ2v) is 6.04. The monoisotopic (exact) mass is 396 g/mol. The number of cyclic esters (lactones) is 1. The number of ether oxygens (including phenoxy) is 4. The van der Waals surface area contributed by atoms with Crippen molar-refractivity contribution in [2.45, 2.75) is 6.42 Å². The fourth-order valence-electron chi connectivity index (χ4n) is 2.79. The number of benzene rings is 2. The maximum atomic E-state index is 12.2. The first kappa shape index (κ1) is 19.9. The Morgan fingerprint density at radius 1 is 1.07 bits per heavy atom. The Morgan fingerprint density at radius 3 is 2.21 bits per heavy atom. The summed E-state index contributed by atoms with van der Waals surface area (Å²) >= 11 is 0. The molecular formula is C21H18NO7-. The summed E-state index contributed by atoms with van der Waals surface area (Å²) in [5.74, 6) is -0.434. The standard InChI is InChI=1S/C21H19NO7/c1-26-16-10-14(11-17(27-2)19(16)28-3)20-22-15(21(25)29-20)8-12-4-6-13(7-5-12)9-18(23)24/h4-8,10-11H,9H2,1-3H3,(H,23,24)/p-1/b15-8+. The highest BCUT2D eigenvalue weighted by atomic mass is 16.6. The van der Waals surface area contributed by atoms with Gasteiger partial charge in [-0.3, -0.25) is 0 Å². The minimum Gasteiger partial charge on any atom is -0.550 e. The number of aliphatic carboxylic acids is 1. The number of nitrogens with zero attached hydrogens (tertiary/aromatic N) is 1. The average Bonchev–Trinajstić information content (AvgIpc) is 3.08. The van der Waals surface area contributed by atoms with Crippen LogP contribution in [0.1, 0.15) is 16.7 Å². The molecule has 0 fully saturated rings. The van der Waals surface area contributed by atoms with Crippen molar-refractivity contribution in [2.24, 2.45) is 4.99 Å². The van der Waals surface area contributed by atoms with Crippen LogP contribution in [0.3, 0.4) is 0 Å². The SMILES string of the molecule is COc1cc(C2=N/C(=C/c3ccc(CC(=O)[O-])cc3)C(=O)O2)cc(OC)c1OC. The van der Waals surface area contributed by atoms with Gasteiger partial charge in [0, 0.05) is 18.0 Å². The van der Waals surface area contributed by atoms with Gasteiger partial charge >= 0.3 is 5.97 Å². The summed E-state index contributed by atoms with van der Waals surface area (Å²) in [7, 11) is 4.46. The van der Waals surface area contributed by atoms with Crippen LogP contribution in [-0.4, -0.2) is 39.2 Å². The molecule has 8 nitrogen and oxygen atoms in total. The number of carboxylic acid groups (broad SMARTS) is 1. The molecule has 0 radical (unpaired) electrons. The normalized spacial score (nSPS) is 14.4. The number of methoxy groups -OCH3 is 3. The highest BCUT2D eigenvalue weighted by Gasteiger charge is 2.26. The van der Waals surface area contributed by atoms with Crippen molar-refractivity contribution >= 4 is 23.9 Å². The van der Waals surface area contributed by atoms with Gasteiger partial charge in [0.25, 0.3) is 0 Å². The highest BCUT2D eigenvalue weighted by molar-refractivity contribution is 6.13. The molecule has 0 saturated carbocycles. The van der Waals surface area contributed by atoms with Crippen LogP contribution in [0.5, 0.6) is 17.2 Å². The molecule has 150 valence electrons. The number of carboxylic acids is 1. The van der Waals surface area contributed by atoms with Gasteiger partial charge < -0.3 is 28.8 Å². The maximum Gasteiger partial charge on any atom is 0.363 e. The molecule has 0 atom stereocenters. The molecule has 0 aliphatic carbocycles. The fourth-order valence-corrected chi connectivity index (χ4v) is 2.79. The number of carbonyl (C=O) groups is 2. The fraction of sp³-hybridized carbons (Fsp3) is 0.190. The molecule has 0 saturated heterocycles. The van der Waals surface area contributed by atoms with Gasteiger partial charge in [-0.05, 0) is 29.3 Å². The summed E-state index contributed by atoms with van der Waals surface area (Å²) in [6.07, 6.45) is 1.37. The van der Waals surface area contributed by atoms with Gasteiger partial charge in [0.2, 0.25) is 11.6 Å². The van der Waals surface area contributed by atoms with Gasteiger partial charge in [0.1, 0.15) is 0 Å². The predicted octanol–water partition coefficient (Wildman–Crippen LogP) is 1.35. The zero-order valence-corrected chi connectivity index (χ0v) is 16.1. The van der Waals surface area contributed by atoms with E-state index in [0.29, 0.717) is 33.9 Å². The number of esters is 1. The van der Waals surface area contributed by atoms with E-state index >= 15 is 0 Å². The summed E-state index contributed by atoms with van der Waals surface area (Å²) < 4.78 is 21.2. The van der Waals surface area contributed by atoms with E-state index in [-0.39, 0.29) is 18.0 Å². The predicted molar refractivity (Wildman–Crippen MR) is 102 cm³/mol. The van der Waals surface area contributed by atoms with E-state index in [1.54, 1.807) is 42.5 Å². The third kappa shape index (κ3) is 4.37. The second kappa shape index (κ2) is 8.47. The number of hydrogen-bond donors (Lipinski definition) is 0. The van der Waals surface area contributed by atoms with Gasteiger partial charge in [0.15, 0.2) is 17.2 Å². The minimum absolute atomic E-state index is 0.106. The largest absolute Gasteiger partial charge is 0.550 e. The van der Waals surface area contributed by atoms with Gasteiger partial charge in [0.05, 0.1) is 21.3 Å². The Bertz CT molecular complexity index is 981. The van der Waals surface area contributed by atoms with Crippen molar-refractivity contribution in [1.82, 2.24) is 0 Å². The summed E-state index contributed by atoms with van der Waals surface area (Å²) in [4.78, 5) is 27.1. The average molecular weight is 396 g/mol. The Kier molecular flexibility index (Phi) is 5.82. The van der Waals surface area contributed by atoms with Crippen molar-refractivity contribution in [3.63, 3.8) is 0 Å². The van der Waals surface area contributed by atoms with Gasteiger partial charge in [-0.1, -0.05) is 24.3 Å². The van der Waals surface area contributed by atoms with Crippen LogP contribution in [0, 0.1) is 0 Å². The molecule has 2 aromatic rings. The quantitative estimate of drug-likeness (QED) is 0.514. The molecule has 29 heavy (non-hydrogen) atoms. The molecule has 0 bridgehead atoms. The summed E-state index contributed by atoms with van der Waals surface area (Å²) in [6.45, 7) is 0. The van der Waals surface area contributed by atoms with Crippen LogP contribution < -0.4 is 19.3 Å². The Balaban J connectivity index is 1.92. The molecule has 1 aliphatic rings. The molecule has 1 aliphatic heterocycles. The molecule has 0 aromatic heterocycles. The number of aliphatic imine (C=N–C) groups is 1. The maximum absolute atomic E-state index is 12.2. The number of carbonyl (C=O) groups excluding carboxylic acids is 2. The smallest absolute Gasteiger partial charge is 0.363 e. The van der Waals surface area contributed by atoms with E-state index in [4.69, 9.17) is 18.9 Å². The first-order valence-electron chi connectivity index (χ1n) is 8.57. The Morgan fingerprint density at radius 2 is 1.69 bits per heavy atom. The summed E-state index contributed by atoms with van der Waals surface area (Å²) in [6, 6.07) is 9.92. The van der Waals surface area contributed by atoms with E-state index in [1.165, 1.54) is 21.3 Å². The van der Waals surface area contributed by atoms with Crippen molar-refractivity contribution in [1.29, 1.82) is 0 Å². The van der Waals surface area contributed by atoms with Crippen LogP contribution in [-0.2, 0) is 20.7 Å². The molecule has 3 rings (SSSR count). The zero-order valence-electron chi connectivity index (χ0n) is 16.1. The lowest BCUT2D eigenvalue weighted by molar-refractivity contribution is -0.304. The number of hydrogen-bond acceptors (Lipinski definition) is 8. The third-order valence-corrected chi connectivity index (χ3v) is 4.16. The van der Waals surface area contributed by atoms with Crippen LogP contribution in [0.4, 0.5) is 0 Å². The van der Waals surface area contributed by atoms with Gasteiger partial charge in [-0.25, -0.2) is 9.79 Å². The topological polar surface area (TPSA) is 106 Å². The number of rotatable bonds is 7. The third-order valence-electron chi connectivity index (χ3n) is 4.16. The van der Waals surface area contributed by atoms with Crippen molar-refractivity contribution < 1.29 is 33.6 Å². The molecule has 2 aromatic carbocycles. The molecular weight excluding hydrogens is 378 g/mol. The van der Waals surface area contributed by atoms with Crippen molar-refractivity contribution in [3.05, 3.63) is 58.8 Å². The molecule has 0 N–H and O–H groups in total. The van der Waals surface area contributed by atoms with Crippen LogP contribution in [0.2, 0.25) is 0 Å². The molecule has 0 amide bonds. The van der Waals surface area contributed by atoms with Gasteiger partial charge in [-0.15, -0.1) is 0 Å². The lowest BCUT2D eigenvalue weighted by Gasteiger charge is -2.13. The summed E-state index contributed by atoms with van der Waals surface area (Å²) in [5, 5.41) is 10.7.